The predicted octanol–water partition coefficient (Wildman–Crippen LogP) is 3.74. The summed E-state index contributed by atoms with van der Waals surface area (Å²) in [6.45, 7) is 3.12. The van der Waals surface area contributed by atoms with E-state index in [1.807, 2.05) is 18.3 Å². The SMILES string of the molecule is CCCC(NCCc1ncc[nH]1)c1ccc(Cl)cc1. The molecule has 0 saturated heterocycles. The first kappa shape index (κ1) is 14.1. The van der Waals surface area contributed by atoms with E-state index in [1.54, 1.807) is 6.20 Å². The van der Waals surface area contributed by atoms with E-state index >= 15 is 0 Å². The molecular formula is C15H20ClN3. The van der Waals surface area contributed by atoms with E-state index in [1.165, 1.54) is 5.56 Å². The number of aromatic nitrogens is 2. The molecule has 1 unspecified atom stereocenters. The first-order valence-electron chi connectivity index (χ1n) is 6.76. The maximum atomic E-state index is 5.93. The third-order valence-electron chi connectivity index (χ3n) is 3.16. The molecule has 0 radical (unpaired) electrons. The van der Waals surface area contributed by atoms with Gasteiger partial charge < -0.3 is 10.3 Å². The van der Waals surface area contributed by atoms with Crippen molar-refractivity contribution in [3.05, 3.63) is 53.1 Å². The summed E-state index contributed by atoms with van der Waals surface area (Å²) in [6, 6.07) is 8.49. The van der Waals surface area contributed by atoms with Gasteiger partial charge in [0.2, 0.25) is 0 Å². The van der Waals surface area contributed by atoms with Crippen LogP contribution in [0.2, 0.25) is 5.02 Å². The fourth-order valence-corrected chi connectivity index (χ4v) is 2.30. The molecular weight excluding hydrogens is 258 g/mol. The van der Waals surface area contributed by atoms with Crippen molar-refractivity contribution in [1.29, 1.82) is 0 Å². The smallest absolute Gasteiger partial charge is 0.107 e. The molecule has 0 aliphatic heterocycles. The van der Waals surface area contributed by atoms with E-state index in [4.69, 9.17) is 11.6 Å². The number of rotatable bonds is 7. The van der Waals surface area contributed by atoms with Gasteiger partial charge in [0.1, 0.15) is 5.82 Å². The van der Waals surface area contributed by atoms with Crippen molar-refractivity contribution in [1.82, 2.24) is 15.3 Å². The van der Waals surface area contributed by atoms with Crippen LogP contribution in [0, 0.1) is 0 Å². The third kappa shape index (κ3) is 4.37. The summed E-state index contributed by atoms with van der Waals surface area (Å²) in [5.41, 5.74) is 1.30. The molecule has 2 N–H and O–H groups in total. The maximum Gasteiger partial charge on any atom is 0.107 e. The van der Waals surface area contributed by atoms with Gasteiger partial charge >= 0.3 is 0 Å². The van der Waals surface area contributed by atoms with Crippen molar-refractivity contribution < 1.29 is 0 Å². The number of hydrogen-bond donors (Lipinski definition) is 2. The zero-order chi connectivity index (χ0) is 13.5. The minimum atomic E-state index is 0.386. The van der Waals surface area contributed by atoms with E-state index in [-0.39, 0.29) is 0 Å². The Hall–Kier alpha value is -1.32. The van der Waals surface area contributed by atoms with Crippen LogP contribution in [0.1, 0.15) is 37.2 Å². The molecule has 19 heavy (non-hydrogen) atoms. The minimum Gasteiger partial charge on any atom is -0.349 e. The highest BCUT2D eigenvalue weighted by Crippen LogP contribution is 2.20. The van der Waals surface area contributed by atoms with Crippen LogP contribution < -0.4 is 5.32 Å². The lowest BCUT2D eigenvalue weighted by molar-refractivity contribution is 0.495. The number of nitrogens with zero attached hydrogens (tertiary/aromatic N) is 1. The zero-order valence-corrected chi connectivity index (χ0v) is 12.0. The van der Waals surface area contributed by atoms with E-state index in [2.05, 4.69) is 34.3 Å². The normalized spacial score (nSPS) is 12.5. The molecule has 2 rings (SSSR count). The molecule has 1 atom stereocenters. The number of aromatic amines is 1. The molecule has 0 amide bonds. The molecule has 1 heterocycles. The van der Waals surface area contributed by atoms with Crippen molar-refractivity contribution in [2.45, 2.75) is 32.2 Å². The Morgan fingerprint density at radius 2 is 2.11 bits per heavy atom. The highest BCUT2D eigenvalue weighted by Gasteiger charge is 2.09. The average molecular weight is 278 g/mol. The molecule has 102 valence electrons. The highest BCUT2D eigenvalue weighted by atomic mass is 35.5. The number of hydrogen-bond acceptors (Lipinski definition) is 2. The topological polar surface area (TPSA) is 40.7 Å². The Morgan fingerprint density at radius 1 is 1.32 bits per heavy atom. The van der Waals surface area contributed by atoms with Crippen molar-refractivity contribution >= 4 is 11.6 Å². The number of H-pyrrole nitrogens is 1. The van der Waals surface area contributed by atoms with E-state index in [0.29, 0.717) is 6.04 Å². The van der Waals surface area contributed by atoms with E-state index in [9.17, 15) is 0 Å². The monoisotopic (exact) mass is 277 g/mol. The first-order chi connectivity index (χ1) is 9.29. The van der Waals surface area contributed by atoms with Gasteiger partial charge in [-0.2, -0.15) is 0 Å². The van der Waals surface area contributed by atoms with Crippen LogP contribution in [0.4, 0.5) is 0 Å². The van der Waals surface area contributed by atoms with E-state index < -0.39 is 0 Å². The van der Waals surface area contributed by atoms with Crippen LogP contribution in [0.15, 0.2) is 36.7 Å². The minimum absolute atomic E-state index is 0.386. The second kappa shape index (κ2) is 7.31. The van der Waals surface area contributed by atoms with Gasteiger partial charge in [-0.3, -0.25) is 0 Å². The molecule has 0 aliphatic rings. The fourth-order valence-electron chi connectivity index (χ4n) is 2.17. The Morgan fingerprint density at radius 3 is 2.74 bits per heavy atom. The zero-order valence-electron chi connectivity index (χ0n) is 11.2. The highest BCUT2D eigenvalue weighted by molar-refractivity contribution is 6.30. The van der Waals surface area contributed by atoms with Crippen LogP contribution in [0.25, 0.3) is 0 Å². The van der Waals surface area contributed by atoms with Gasteiger partial charge in [-0.15, -0.1) is 0 Å². The summed E-state index contributed by atoms with van der Waals surface area (Å²) in [7, 11) is 0. The van der Waals surface area contributed by atoms with Gasteiger partial charge in [-0.1, -0.05) is 37.1 Å². The van der Waals surface area contributed by atoms with Gasteiger partial charge in [0, 0.05) is 36.4 Å². The van der Waals surface area contributed by atoms with Crippen LogP contribution in [0.5, 0.6) is 0 Å². The van der Waals surface area contributed by atoms with Gasteiger partial charge in [-0.25, -0.2) is 4.98 Å². The maximum absolute atomic E-state index is 5.93. The van der Waals surface area contributed by atoms with Gasteiger partial charge in [-0.05, 0) is 24.1 Å². The Balaban J connectivity index is 1.90. The largest absolute Gasteiger partial charge is 0.349 e. The molecule has 1 aromatic heterocycles. The van der Waals surface area contributed by atoms with Crippen LogP contribution in [-0.4, -0.2) is 16.5 Å². The second-order valence-electron chi connectivity index (χ2n) is 4.63. The molecule has 0 saturated carbocycles. The molecule has 1 aromatic carbocycles. The Bertz CT molecular complexity index is 465. The molecule has 4 heteroatoms. The average Bonchev–Trinajstić information content (AvgIpc) is 2.92. The number of nitrogens with one attached hydrogen (secondary N) is 2. The summed E-state index contributed by atoms with van der Waals surface area (Å²) in [4.78, 5) is 7.35. The standard InChI is InChI=1S/C15H20ClN3/c1-2-3-14(12-4-6-13(16)7-5-12)17-9-8-15-18-10-11-19-15/h4-7,10-11,14,17H,2-3,8-9H2,1H3,(H,18,19). The van der Waals surface area contributed by atoms with Crippen LogP contribution in [0.3, 0.4) is 0 Å². The molecule has 2 aromatic rings. The lowest BCUT2D eigenvalue weighted by Crippen LogP contribution is -2.24. The molecule has 0 bridgehead atoms. The van der Waals surface area contributed by atoms with Crippen LogP contribution in [-0.2, 0) is 6.42 Å². The number of halogens is 1. The summed E-state index contributed by atoms with van der Waals surface area (Å²) in [5, 5.41) is 4.38. The summed E-state index contributed by atoms with van der Waals surface area (Å²) < 4.78 is 0. The number of benzene rings is 1. The number of imidazole rings is 1. The molecule has 0 aliphatic carbocycles. The van der Waals surface area contributed by atoms with Gasteiger partial charge in [0.25, 0.3) is 0 Å². The third-order valence-corrected chi connectivity index (χ3v) is 3.41. The quantitative estimate of drug-likeness (QED) is 0.809. The predicted molar refractivity (Wildman–Crippen MR) is 79.4 cm³/mol. The second-order valence-corrected chi connectivity index (χ2v) is 5.07. The van der Waals surface area contributed by atoms with E-state index in [0.717, 1.165) is 36.7 Å². The summed E-state index contributed by atoms with van der Waals surface area (Å²) in [6.07, 6.45) is 6.84. The van der Waals surface area contributed by atoms with Crippen LogP contribution >= 0.6 is 11.6 Å². The van der Waals surface area contributed by atoms with Gasteiger partial charge in [0.05, 0.1) is 0 Å². The summed E-state index contributed by atoms with van der Waals surface area (Å²) in [5.74, 6) is 1.03. The molecule has 0 spiro atoms. The Labute approximate surface area is 119 Å². The summed E-state index contributed by atoms with van der Waals surface area (Å²) >= 11 is 5.93. The fraction of sp³-hybridized carbons (Fsp3) is 0.400. The first-order valence-corrected chi connectivity index (χ1v) is 7.14. The lowest BCUT2D eigenvalue weighted by atomic mass is 10.0. The molecule has 0 fully saturated rings. The van der Waals surface area contributed by atoms with Gasteiger partial charge in [0.15, 0.2) is 0 Å². The Kier molecular flexibility index (Phi) is 5.43. The van der Waals surface area contributed by atoms with Crippen molar-refractivity contribution in [3.8, 4) is 0 Å². The van der Waals surface area contributed by atoms with Crippen molar-refractivity contribution in [2.24, 2.45) is 0 Å². The van der Waals surface area contributed by atoms with Crippen molar-refractivity contribution in [3.63, 3.8) is 0 Å². The lowest BCUT2D eigenvalue weighted by Gasteiger charge is -2.18. The molecule has 3 nitrogen and oxygen atoms in total. The van der Waals surface area contributed by atoms with Crippen molar-refractivity contribution in [2.75, 3.05) is 6.54 Å².